The molecule has 0 amide bonds. The van der Waals surface area contributed by atoms with Crippen molar-refractivity contribution in [1.82, 2.24) is 0 Å². The Labute approximate surface area is 188 Å². The van der Waals surface area contributed by atoms with Crippen molar-refractivity contribution < 1.29 is 19.2 Å². The molecule has 166 valence electrons. The number of oxime groups is 1. The first-order valence-electron chi connectivity index (χ1n) is 11.5. The van der Waals surface area contributed by atoms with Crippen LogP contribution in [0.4, 0.5) is 0 Å². The highest BCUT2D eigenvalue weighted by atomic mass is 16.7. The fraction of sp³-hybridized carbons (Fsp3) is 0.444. The summed E-state index contributed by atoms with van der Waals surface area (Å²) in [5.74, 6) is 1.66. The van der Waals surface area contributed by atoms with Crippen molar-refractivity contribution in [2.75, 3.05) is 0 Å². The van der Waals surface area contributed by atoms with Crippen molar-refractivity contribution in [1.29, 1.82) is 0 Å². The zero-order valence-corrected chi connectivity index (χ0v) is 18.7. The quantitative estimate of drug-likeness (QED) is 0.492. The van der Waals surface area contributed by atoms with Gasteiger partial charge in [-0.3, -0.25) is 4.79 Å². The molecular weight excluding hydrogens is 402 g/mol. The Morgan fingerprint density at radius 2 is 1.97 bits per heavy atom. The molecule has 0 spiro atoms. The van der Waals surface area contributed by atoms with E-state index in [0.29, 0.717) is 30.6 Å². The highest BCUT2D eigenvalue weighted by molar-refractivity contribution is 6.43. The third-order valence-corrected chi connectivity index (χ3v) is 7.81. The average Bonchev–Trinajstić information content (AvgIpc) is 3.07. The molecule has 2 aromatic rings. The lowest BCUT2D eigenvalue weighted by molar-refractivity contribution is -0.141. The molecule has 0 bridgehead atoms. The Morgan fingerprint density at radius 1 is 1.16 bits per heavy atom. The third-order valence-electron chi connectivity index (χ3n) is 7.81. The van der Waals surface area contributed by atoms with E-state index in [-0.39, 0.29) is 11.7 Å². The lowest BCUT2D eigenvalue weighted by Gasteiger charge is -2.47. The molecule has 0 radical (unpaired) electrons. The van der Waals surface area contributed by atoms with E-state index in [9.17, 15) is 9.59 Å². The monoisotopic (exact) mass is 431 g/mol. The van der Waals surface area contributed by atoms with Crippen molar-refractivity contribution >= 4 is 17.5 Å². The van der Waals surface area contributed by atoms with Crippen LogP contribution in [0.3, 0.4) is 0 Å². The predicted molar refractivity (Wildman–Crippen MR) is 121 cm³/mol. The summed E-state index contributed by atoms with van der Waals surface area (Å²) in [6.07, 6.45) is 4.52. The molecule has 5 nitrogen and oxygen atoms in total. The number of fused-ring (bicyclic) bond motifs is 5. The predicted octanol–water partition coefficient (Wildman–Crippen LogP) is 5.22. The maximum atomic E-state index is 13.1. The molecule has 5 heteroatoms. The minimum Gasteiger partial charge on any atom is -0.489 e. The number of ketones is 1. The highest BCUT2D eigenvalue weighted by Gasteiger charge is 2.57. The zero-order valence-electron chi connectivity index (χ0n) is 18.7. The van der Waals surface area contributed by atoms with E-state index >= 15 is 0 Å². The minimum absolute atomic E-state index is 0.0673. The smallest absolute Gasteiger partial charge is 0.331 e. The molecule has 2 aromatic carbocycles. The molecule has 4 atom stereocenters. The number of benzene rings is 2. The number of rotatable bonds is 4. The van der Waals surface area contributed by atoms with Gasteiger partial charge in [0, 0.05) is 18.8 Å². The summed E-state index contributed by atoms with van der Waals surface area (Å²) < 4.78 is 6.05. The van der Waals surface area contributed by atoms with E-state index in [1.165, 1.54) is 18.1 Å². The van der Waals surface area contributed by atoms with Gasteiger partial charge in [0.25, 0.3) is 0 Å². The van der Waals surface area contributed by atoms with Gasteiger partial charge in [-0.15, -0.1) is 0 Å². The van der Waals surface area contributed by atoms with Crippen LogP contribution in [0.2, 0.25) is 0 Å². The second-order valence-electron chi connectivity index (χ2n) is 9.66. The second kappa shape index (κ2) is 8.19. The average molecular weight is 432 g/mol. The lowest BCUT2D eigenvalue weighted by atomic mass is 9.55. The molecule has 0 saturated heterocycles. The molecule has 5 rings (SSSR count). The van der Waals surface area contributed by atoms with Crippen molar-refractivity contribution in [3.63, 3.8) is 0 Å². The molecule has 3 aliphatic carbocycles. The Hall–Kier alpha value is -2.95. The summed E-state index contributed by atoms with van der Waals surface area (Å²) in [5.41, 5.74) is 3.99. The van der Waals surface area contributed by atoms with Crippen LogP contribution in [0.5, 0.6) is 5.75 Å². The number of carbonyl (C=O) groups excluding carboxylic acids is 2. The maximum absolute atomic E-state index is 13.1. The molecule has 0 heterocycles. The molecule has 2 fully saturated rings. The standard InChI is InChI=1S/C27H29NO4/c1-17(29)32-28-25-15-24-23-10-8-19-14-20(31-16-18-6-4-3-5-7-18)9-11-21(19)22(23)12-13-27(24,2)26(25)30/h3-7,9,11,14,22-24H,8,10,12-13,15-16H2,1-2H3/b28-25+/t22-,23-,24+,27+/m1/s1. The van der Waals surface area contributed by atoms with Gasteiger partial charge in [0.05, 0.1) is 0 Å². The first-order chi connectivity index (χ1) is 15.5. The van der Waals surface area contributed by atoms with Crippen LogP contribution >= 0.6 is 0 Å². The highest BCUT2D eigenvalue weighted by Crippen LogP contribution is 2.59. The van der Waals surface area contributed by atoms with Crippen LogP contribution in [-0.4, -0.2) is 17.5 Å². The van der Waals surface area contributed by atoms with Crippen LogP contribution in [-0.2, 0) is 27.5 Å². The molecule has 0 unspecified atom stereocenters. The van der Waals surface area contributed by atoms with Gasteiger partial charge in [-0.1, -0.05) is 48.5 Å². The minimum atomic E-state index is -0.486. The van der Waals surface area contributed by atoms with E-state index in [1.807, 2.05) is 18.2 Å². The number of hydrogen-bond acceptors (Lipinski definition) is 5. The molecule has 0 aliphatic heterocycles. The Kier molecular flexibility index (Phi) is 5.36. The van der Waals surface area contributed by atoms with E-state index in [0.717, 1.165) is 37.0 Å². The van der Waals surface area contributed by atoms with Crippen LogP contribution in [0.1, 0.15) is 62.1 Å². The Balaban J connectivity index is 1.34. The van der Waals surface area contributed by atoms with Crippen molar-refractivity contribution in [2.45, 2.75) is 58.5 Å². The summed E-state index contributed by atoms with van der Waals surface area (Å²) in [4.78, 5) is 29.1. The number of ether oxygens (including phenoxy) is 1. The molecule has 2 saturated carbocycles. The van der Waals surface area contributed by atoms with E-state index < -0.39 is 11.4 Å². The lowest BCUT2D eigenvalue weighted by Crippen LogP contribution is -2.42. The number of nitrogens with zero attached hydrogens (tertiary/aromatic N) is 1. The first kappa shape index (κ1) is 20.9. The summed E-state index contributed by atoms with van der Waals surface area (Å²) in [6.45, 7) is 3.96. The van der Waals surface area contributed by atoms with Crippen LogP contribution in [0, 0.1) is 17.3 Å². The second-order valence-corrected chi connectivity index (χ2v) is 9.66. The fourth-order valence-electron chi connectivity index (χ4n) is 6.20. The third kappa shape index (κ3) is 3.64. The first-order valence-corrected chi connectivity index (χ1v) is 11.5. The zero-order chi connectivity index (χ0) is 22.3. The van der Waals surface area contributed by atoms with E-state index in [1.54, 1.807) is 0 Å². The van der Waals surface area contributed by atoms with Crippen LogP contribution in [0.25, 0.3) is 0 Å². The van der Waals surface area contributed by atoms with Crippen molar-refractivity contribution in [3.8, 4) is 5.75 Å². The summed E-state index contributed by atoms with van der Waals surface area (Å²) in [5, 5.41) is 3.91. The van der Waals surface area contributed by atoms with Gasteiger partial charge in [-0.05, 0) is 72.3 Å². The van der Waals surface area contributed by atoms with Gasteiger partial charge in [0.15, 0.2) is 5.78 Å². The van der Waals surface area contributed by atoms with Gasteiger partial charge in [0.2, 0.25) is 0 Å². The van der Waals surface area contributed by atoms with Crippen LogP contribution < -0.4 is 4.74 Å². The summed E-state index contributed by atoms with van der Waals surface area (Å²) >= 11 is 0. The van der Waals surface area contributed by atoms with Gasteiger partial charge in [-0.25, -0.2) is 4.79 Å². The number of carbonyl (C=O) groups is 2. The van der Waals surface area contributed by atoms with Gasteiger partial charge >= 0.3 is 5.97 Å². The van der Waals surface area contributed by atoms with Gasteiger partial charge in [-0.2, -0.15) is 0 Å². The Bertz CT molecular complexity index is 1080. The largest absolute Gasteiger partial charge is 0.489 e. The summed E-state index contributed by atoms with van der Waals surface area (Å²) in [7, 11) is 0. The van der Waals surface area contributed by atoms with Crippen LogP contribution in [0.15, 0.2) is 53.7 Å². The molecule has 3 aliphatic rings. The number of hydrogen-bond donors (Lipinski definition) is 0. The molecule has 32 heavy (non-hydrogen) atoms. The topological polar surface area (TPSA) is 65.0 Å². The Morgan fingerprint density at radius 3 is 2.75 bits per heavy atom. The normalized spacial score (nSPS) is 29.8. The molecule has 0 aromatic heterocycles. The molecular formula is C27H29NO4. The summed E-state index contributed by atoms with van der Waals surface area (Å²) in [6, 6.07) is 16.7. The van der Waals surface area contributed by atoms with Gasteiger partial charge < -0.3 is 9.57 Å². The SMILES string of the molecule is CC(=O)O/N=C1\C[C@H]2[C@@H]3CCc4cc(OCc5ccccc5)ccc4[C@H]3CC[C@]2(C)C1=O. The fourth-order valence-corrected chi connectivity index (χ4v) is 6.20. The number of aryl methyl sites for hydroxylation is 1. The van der Waals surface area contributed by atoms with Crippen molar-refractivity contribution in [3.05, 3.63) is 65.2 Å². The molecule has 0 N–H and O–H groups in total. The van der Waals surface area contributed by atoms with E-state index in [4.69, 9.17) is 9.57 Å². The van der Waals surface area contributed by atoms with Crippen molar-refractivity contribution in [2.24, 2.45) is 22.4 Å². The maximum Gasteiger partial charge on any atom is 0.331 e. The van der Waals surface area contributed by atoms with E-state index in [2.05, 4.69) is 42.4 Å². The van der Waals surface area contributed by atoms with Gasteiger partial charge in [0.1, 0.15) is 18.1 Å². The number of Topliss-reactive ketones (excluding diaryl/α,β-unsaturated/α-hetero) is 1.